The highest BCUT2D eigenvalue weighted by Gasteiger charge is 2.30. The largest absolute Gasteiger partial charge is 0.382 e. The molecule has 4 aromatic rings. The summed E-state index contributed by atoms with van der Waals surface area (Å²) in [5, 5.41) is 40.1. The lowest BCUT2D eigenvalue weighted by Crippen LogP contribution is -2.18. The average Bonchev–Trinajstić information content (AvgIpc) is 3.36. The van der Waals surface area contributed by atoms with Gasteiger partial charge >= 0.3 is 0 Å². The standard InChI is InChI=1S/C22H22Cl2N6O2S/c1-29-17(11-13-7-3-5-9-15(13)23)25-26-20(29)18(31)19(32)21-27-28-22(30(21)2)33-12-14-8-4-6-10-16(14)24/h3-10,18-19,31-32H,11-12H2,1-2H3. The van der Waals surface area contributed by atoms with Gasteiger partial charge in [0.1, 0.15) is 18.0 Å². The Morgan fingerprint density at radius 2 is 1.33 bits per heavy atom. The van der Waals surface area contributed by atoms with Crippen molar-refractivity contribution in [1.82, 2.24) is 29.5 Å². The molecular weight excluding hydrogens is 483 g/mol. The second-order valence-corrected chi connectivity index (χ2v) is 9.23. The first-order chi connectivity index (χ1) is 15.9. The highest BCUT2D eigenvalue weighted by atomic mass is 35.5. The normalized spacial score (nSPS) is 13.3. The number of hydrogen-bond acceptors (Lipinski definition) is 7. The van der Waals surface area contributed by atoms with Crippen molar-refractivity contribution in [3.05, 3.63) is 87.2 Å². The summed E-state index contributed by atoms with van der Waals surface area (Å²) in [5.41, 5.74) is 1.86. The van der Waals surface area contributed by atoms with Crippen LogP contribution in [0.2, 0.25) is 10.0 Å². The number of hydrogen-bond donors (Lipinski definition) is 2. The molecule has 4 rings (SSSR count). The molecule has 0 radical (unpaired) electrons. The van der Waals surface area contributed by atoms with Crippen molar-refractivity contribution in [2.75, 3.05) is 0 Å². The van der Waals surface area contributed by atoms with Gasteiger partial charge in [-0.25, -0.2) is 0 Å². The predicted octanol–water partition coefficient (Wildman–Crippen LogP) is 3.90. The Balaban J connectivity index is 1.48. The summed E-state index contributed by atoms with van der Waals surface area (Å²) in [4.78, 5) is 0. The van der Waals surface area contributed by atoms with E-state index >= 15 is 0 Å². The minimum atomic E-state index is -1.34. The van der Waals surface area contributed by atoms with Crippen LogP contribution in [0.3, 0.4) is 0 Å². The first-order valence-corrected chi connectivity index (χ1v) is 11.8. The van der Waals surface area contributed by atoms with Crippen molar-refractivity contribution in [3.63, 3.8) is 0 Å². The van der Waals surface area contributed by atoms with Crippen LogP contribution in [0.15, 0.2) is 53.7 Å². The maximum atomic E-state index is 10.8. The summed E-state index contributed by atoms with van der Waals surface area (Å²) in [6.45, 7) is 0. The van der Waals surface area contributed by atoms with Gasteiger partial charge < -0.3 is 19.3 Å². The molecule has 11 heteroatoms. The first-order valence-electron chi connectivity index (χ1n) is 10.1. The maximum absolute atomic E-state index is 10.8. The van der Waals surface area contributed by atoms with Crippen molar-refractivity contribution in [1.29, 1.82) is 0 Å². The van der Waals surface area contributed by atoms with Gasteiger partial charge in [0, 0.05) is 36.3 Å². The second kappa shape index (κ2) is 10.2. The molecule has 2 unspecified atom stereocenters. The zero-order valence-corrected chi connectivity index (χ0v) is 20.3. The number of thioether (sulfide) groups is 1. The van der Waals surface area contributed by atoms with Gasteiger partial charge in [-0.2, -0.15) is 0 Å². The Morgan fingerprint density at radius 1 is 0.788 bits per heavy atom. The van der Waals surface area contributed by atoms with E-state index in [9.17, 15) is 10.2 Å². The molecule has 0 saturated carbocycles. The molecule has 2 aromatic heterocycles. The van der Waals surface area contributed by atoms with Crippen LogP contribution in [0.1, 0.15) is 40.8 Å². The van der Waals surface area contributed by atoms with Gasteiger partial charge in [-0.3, -0.25) is 0 Å². The van der Waals surface area contributed by atoms with E-state index in [4.69, 9.17) is 23.2 Å². The first kappa shape index (κ1) is 23.7. The van der Waals surface area contributed by atoms with Gasteiger partial charge in [-0.05, 0) is 23.3 Å². The predicted molar refractivity (Wildman–Crippen MR) is 127 cm³/mol. The Morgan fingerprint density at radius 3 is 1.97 bits per heavy atom. The molecule has 2 aromatic carbocycles. The molecule has 0 saturated heterocycles. The van der Waals surface area contributed by atoms with Gasteiger partial charge in [0.2, 0.25) is 0 Å². The zero-order chi connectivity index (χ0) is 23.5. The molecule has 8 nitrogen and oxygen atoms in total. The third-order valence-electron chi connectivity index (χ3n) is 5.32. The molecule has 0 bridgehead atoms. The minimum Gasteiger partial charge on any atom is -0.382 e. The minimum absolute atomic E-state index is 0.220. The fourth-order valence-corrected chi connectivity index (χ4v) is 4.75. The molecule has 0 aliphatic heterocycles. The number of aromatic nitrogens is 6. The number of aliphatic hydroxyl groups excluding tert-OH is 2. The molecule has 0 aliphatic rings. The lowest BCUT2D eigenvalue weighted by Gasteiger charge is -2.17. The molecule has 33 heavy (non-hydrogen) atoms. The molecular formula is C22H22Cl2N6O2S. The fourth-order valence-electron chi connectivity index (χ4n) is 3.35. The van der Waals surface area contributed by atoms with Crippen LogP contribution in [0.5, 0.6) is 0 Å². The number of aliphatic hydroxyl groups is 2. The van der Waals surface area contributed by atoms with Gasteiger partial charge in [0.25, 0.3) is 0 Å². The topological polar surface area (TPSA) is 102 Å². The van der Waals surface area contributed by atoms with Crippen LogP contribution in [-0.2, 0) is 26.3 Å². The van der Waals surface area contributed by atoms with Gasteiger partial charge in [-0.15, -0.1) is 20.4 Å². The molecule has 172 valence electrons. The summed E-state index contributed by atoms with van der Waals surface area (Å²) in [6.07, 6.45) is -2.24. The third-order valence-corrected chi connectivity index (χ3v) is 7.12. The van der Waals surface area contributed by atoms with Crippen LogP contribution in [0.4, 0.5) is 0 Å². The third kappa shape index (κ3) is 5.07. The summed E-state index contributed by atoms with van der Waals surface area (Å²) in [5.74, 6) is 1.65. The number of halogens is 2. The van der Waals surface area contributed by atoms with Crippen molar-refractivity contribution in [3.8, 4) is 0 Å². The molecule has 2 heterocycles. The van der Waals surface area contributed by atoms with E-state index in [2.05, 4.69) is 20.4 Å². The van der Waals surface area contributed by atoms with Crippen molar-refractivity contribution in [2.45, 2.75) is 29.5 Å². The highest BCUT2D eigenvalue weighted by molar-refractivity contribution is 7.98. The van der Waals surface area contributed by atoms with E-state index in [0.717, 1.165) is 11.1 Å². The Kier molecular flexibility index (Phi) is 7.35. The summed E-state index contributed by atoms with van der Waals surface area (Å²) < 4.78 is 3.30. The zero-order valence-electron chi connectivity index (χ0n) is 17.9. The smallest absolute Gasteiger partial charge is 0.191 e. The van der Waals surface area contributed by atoms with Crippen molar-refractivity contribution in [2.24, 2.45) is 14.1 Å². The summed E-state index contributed by atoms with van der Waals surface area (Å²) in [7, 11) is 3.47. The van der Waals surface area contributed by atoms with Crippen LogP contribution in [-0.4, -0.2) is 39.7 Å². The molecule has 0 fully saturated rings. The maximum Gasteiger partial charge on any atom is 0.191 e. The quantitative estimate of drug-likeness (QED) is 0.350. The van der Waals surface area contributed by atoms with E-state index in [-0.39, 0.29) is 11.6 Å². The van der Waals surface area contributed by atoms with Crippen LogP contribution >= 0.6 is 35.0 Å². The summed E-state index contributed by atoms with van der Waals surface area (Å²) >= 11 is 13.9. The average molecular weight is 505 g/mol. The summed E-state index contributed by atoms with van der Waals surface area (Å²) in [6, 6.07) is 15.0. The molecule has 0 spiro atoms. The number of benzene rings is 2. The Bertz CT molecular complexity index is 1260. The van der Waals surface area contributed by atoms with Gasteiger partial charge in [0.05, 0.1) is 0 Å². The van der Waals surface area contributed by atoms with Crippen LogP contribution in [0.25, 0.3) is 0 Å². The van der Waals surface area contributed by atoms with Crippen molar-refractivity contribution >= 4 is 35.0 Å². The van der Waals surface area contributed by atoms with E-state index in [1.54, 1.807) is 23.2 Å². The van der Waals surface area contributed by atoms with Crippen LogP contribution in [0, 0.1) is 0 Å². The highest BCUT2D eigenvalue weighted by Crippen LogP contribution is 2.31. The second-order valence-electron chi connectivity index (χ2n) is 7.47. The van der Waals surface area contributed by atoms with Gasteiger partial charge in [-0.1, -0.05) is 71.4 Å². The van der Waals surface area contributed by atoms with E-state index in [1.807, 2.05) is 48.5 Å². The monoisotopic (exact) mass is 504 g/mol. The van der Waals surface area contributed by atoms with E-state index in [0.29, 0.717) is 33.2 Å². The molecule has 2 N–H and O–H groups in total. The molecule has 0 amide bonds. The van der Waals surface area contributed by atoms with Crippen molar-refractivity contribution < 1.29 is 10.2 Å². The Labute approximate surface area is 205 Å². The number of rotatable bonds is 8. The van der Waals surface area contributed by atoms with Gasteiger partial charge in [0.15, 0.2) is 16.8 Å². The molecule has 0 aliphatic carbocycles. The van der Waals surface area contributed by atoms with E-state index < -0.39 is 12.2 Å². The van der Waals surface area contributed by atoms with Crippen LogP contribution < -0.4 is 0 Å². The Hall–Kier alpha value is -2.43. The number of nitrogens with zero attached hydrogens (tertiary/aromatic N) is 6. The fraction of sp³-hybridized carbons (Fsp3) is 0.273. The molecule has 2 atom stereocenters. The SMILES string of the molecule is Cn1c(Cc2ccccc2Cl)nnc1C(O)C(O)c1nnc(SCc2ccccc2Cl)n1C. The lowest BCUT2D eigenvalue weighted by atomic mass is 10.1. The van der Waals surface area contributed by atoms with E-state index in [1.165, 1.54) is 11.8 Å². The lowest BCUT2D eigenvalue weighted by molar-refractivity contribution is 0.00263.